The number of carbonyl (C=O) groups excluding carboxylic acids is 3. The zero-order valence-corrected chi connectivity index (χ0v) is 23.8. The van der Waals surface area contributed by atoms with E-state index in [4.69, 9.17) is 9.47 Å². The van der Waals surface area contributed by atoms with Crippen molar-refractivity contribution in [2.45, 2.75) is 53.0 Å². The Hall–Kier alpha value is -4.39. The van der Waals surface area contributed by atoms with Crippen LogP contribution in [0.15, 0.2) is 66.2 Å². The third kappa shape index (κ3) is 5.37. The molecule has 0 radical (unpaired) electrons. The summed E-state index contributed by atoms with van der Waals surface area (Å²) in [5.74, 6) is -1.58. The van der Waals surface area contributed by atoms with Gasteiger partial charge in [-0.25, -0.2) is 4.79 Å². The molecule has 7 nitrogen and oxygen atoms in total. The number of esters is 1. The Morgan fingerprint density at radius 1 is 1.02 bits per heavy atom. The van der Waals surface area contributed by atoms with E-state index in [2.05, 4.69) is 0 Å². The van der Waals surface area contributed by atoms with E-state index in [1.807, 2.05) is 71.0 Å². The number of benzene rings is 3. The third-order valence-electron chi connectivity index (χ3n) is 7.05. The van der Waals surface area contributed by atoms with Crippen LogP contribution in [0.3, 0.4) is 0 Å². The number of ether oxygens (including phenoxy) is 2. The number of ketones is 1. The average molecular weight is 542 g/mol. The van der Waals surface area contributed by atoms with Crippen LogP contribution >= 0.6 is 0 Å². The molecule has 208 valence electrons. The molecule has 1 aliphatic rings. The highest BCUT2D eigenvalue weighted by Gasteiger charge is 2.47. The van der Waals surface area contributed by atoms with Crippen LogP contribution in [0.5, 0.6) is 5.75 Å². The highest BCUT2D eigenvalue weighted by molar-refractivity contribution is 6.51. The van der Waals surface area contributed by atoms with Gasteiger partial charge in [0.2, 0.25) is 0 Å². The number of aliphatic hydroxyl groups excluding tert-OH is 1. The van der Waals surface area contributed by atoms with Gasteiger partial charge in [0.05, 0.1) is 30.9 Å². The number of hydrogen-bond acceptors (Lipinski definition) is 6. The number of aryl methyl sites for hydroxylation is 2. The molecule has 1 N–H and O–H groups in total. The van der Waals surface area contributed by atoms with Gasteiger partial charge in [0.25, 0.3) is 11.7 Å². The van der Waals surface area contributed by atoms with Gasteiger partial charge < -0.3 is 14.6 Å². The minimum absolute atomic E-state index is 0.0162. The van der Waals surface area contributed by atoms with E-state index < -0.39 is 23.7 Å². The van der Waals surface area contributed by atoms with E-state index >= 15 is 0 Å². The normalized spacial score (nSPS) is 16.5. The van der Waals surface area contributed by atoms with Crippen LogP contribution in [0.2, 0.25) is 0 Å². The van der Waals surface area contributed by atoms with Gasteiger partial charge in [-0.15, -0.1) is 0 Å². The van der Waals surface area contributed by atoms with Gasteiger partial charge in [0, 0.05) is 11.3 Å². The summed E-state index contributed by atoms with van der Waals surface area (Å²) in [5, 5.41) is 11.7. The Kier molecular flexibility index (Phi) is 8.43. The van der Waals surface area contributed by atoms with Crippen molar-refractivity contribution in [2.24, 2.45) is 0 Å². The van der Waals surface area contributed by atoms with E-state index in [-0.39, 0.29) is 29.4 Å². The van der Waals surface area contributed by atoms with Crippen LogP contribution in [0.25, 0.3) is 5.76 Å². The lowest BCUT2D eigenvalue weighted by Crippen LogP contribution is -2.29. The first kappa shape index (κ1) is 28.6. The fraction of sp³-hybridized carbons (Fsp3) is 0.303. The van der Waals surface area contributed by atoms with E-state index in [1.54, 1.807) is 31.4 Å². The van der Waals surface area contributed by atoms with E-state index in [0.717, 1.165) is 11.1 Å². The first-order valence-electron chi connectivity index (χ1n) is 13.4. The summed E-state index contributed by atoms with van der Waals surface area (Å²) in [4.78, 5) is 41.2. The molecular weight excluding hydrogens is 506 g/mol. The SMILES string of the molecule is CCCOC(=O)c1cccc(N2C(=O)C(=O)/C(=C(/O)c3cc(C(C)C)c(OC)cc3C)C2c2cccc(C)c2)c1. The molecule has 1 aliphatic heterocycles. The molecule has 1 heterocycles. The van der Waals surface area contributed by atoms with E-state index in [9.17, 15) is 19.5 Å². The molecule has 4 rings (SSSR count). The lowest BCUT2D eigenvalue weighted by atomic mass is 9.90. The maximum atomic E-state index is 13.7. The molecule has 1 amide bonds. The lowest BCUT2D eigenvalue weighted by molar-refractivity contribution is -0.132. The second-order valence-electron chi connectivity index (χ2n) is 10.3. The average Bonchev–Trinajstić information content (AvgIpc) is 3.21. The van der Waals surface area contributed by atoms with Crippen molar-refractivity contribution in [3.05, 3.63) is 99.6 Å². The van der Waals surface area contributed by atoms with Crippen molar-refractivity contribution in [1.82, 2.24) is 0 Å². The Morgan fingerprint density at radius 2 is 1.75 bits per heavy atom. The van der Waals surface area contributed by atoms with Gasteiger partial charge in [-0.3, -0.25) is 14.5 Å². The molecule has 0 aromatic heterocycles. The quantitative estimate of drug-likeness (QED) is 0.149. The molecule has 1 saturated heterocycles. The number of nitrogens with zero attached hydrogens (tertiary/aromatic N) is 1. The molecule has 0 saturated carbocycles. The first-order valence-corrected chi connectivity index (χ1v) is 13.4. The van der Waals surface area contributed by atoms with Crippen LogP contribution < -0.4 is 9.64 Å². The van der Waals surface area contributed by atoms with Crippen molar-refractivity contribution in [3.63, 3.8) is 0 Å². The molecule has 7 heteroatoms. The molecule has 40 heavy (non-hydrogen) atoms. The molecule has 1 fully saturated rings. The maximum absolute atomic E-state index is 13.7. The van der Waals surface area contributed by atoms with Gasteiger partial charge in [-0.2, -0.15) is 0 Å². The highest BCUT2D eigenvalue weighted by atomic mass is 16.5. The summed E-state index contributed by atoms with van der Waals surface area (Å²) < 4.78 is 10.8. The van der Waals surface area contributed by atoms with E-state index in [1.165, 1.54) is 4.90 Å². The fourth-order valence-corrected chi connectivity index (χ4v) is 5.04. The summed E-state index contributed by atoms with van der Waals surface area (Å²) in [5.41, 5.74) is 4.23. The van der Waals surface area contributed by atoms with Gasteiger partial charge in [0.15, 0.2) is 0 Å². The Balaban J connectivity index is 1.94. The van der Waals surface area contributed by atoms with Crippen molar-refractivity contribution >= 4 is 29.1 Å². The lowest BCUT2D eigenvalue weighted by Gasteiger charge is -2.26. The molecule has 0 aliphatic carbocycles. The van der Waals surface area contributed by atoms with Crippen LogP contribution in [0, 0.1) is 13.8 Å². The van der Waals surface area contributed by atoms with Crippen molar-refractivity contribution in [2.75, 3.05) is 18.6 Å². The number of Topliss-reactive ketones (excluding diaryl/α,β-unsaturated/α-hetero) is 1. The molecular formula is C33H35NO6. The summed E-state index contributed by atoms with van der Waals surface area (Å²) in [6, 6.07) is 16.7. The molecule has 3 aromatic rings. The van der Waals surface area contributed by atoms with Gasteiger partial charge in [-0.05, 0) is 73.2 Å². The summed E-state index contributed by atoms with van der Waals surface area (Å²) in [6.45, 7) is 9.95. The first-order chi connectivity index (χ1) is 19.1. The molecule has 0 bridgehead atoms. The number of anilines is 1. The van der Waals surface area contributed by atoms with E-state index in [0.29, 0.717) is 34.5 Å². The molecule has 1 atom stereocenters. The van der Waals surface area contributed by atoms with Crippen LogP contribution in [-0.4, -0.2) is 36.5 Å². The minimum atomic E-state index is -0.911. The van der Waals surface area contributed by atoms with Crippen LogP contribution in [0.1, 0.15) is 77.3 Å². The highest BCUT2D eigenvalue weighted by Crippen LogP contribution is 2.43. The number of carbonyl (C=O) groups is 3. The Bertz CT molecular complexity index is 1500. The molecule has 1 unspecified atom stereocenters. The predicted molar refractivity (Wildman–Crippen MR) is 155 cm³/mol. The predicted octanol–water partition coefficient (Wildman–Crippen LogP) is 6.63. The second-order valence-corrected chi connectivity index (χ2v) is 10.3. The number of hydrogen-bond donors (Lipinski definition) is 1. The zero-order valence-electron chi connectivity index (χ0n) is 23.8. The summed E-state index contributed by atoms with van der Waals surface area (Å²) in [6.07, 6.45) is 0.677. The third-order valence-corrected chi connectivity index (χ3v) is 7.05. The van der Waals surface area contributed by atoms with Crippen molar-refractivity contribution in [3.8, 4) is 5.75 Å². The monoisotopic (exact) mass is 541 g/mol. The largest absolute Gasteiger partial charge is 0.507 e. The van der Waals surface area contributed by atoms with Crippen LogP contribution in [-0.2, 0) is 14.3 Å². The standard InChI is InChI=1S/C33H35NO6/c1-7-14-40-33(38)23-12-9-13-24(17-23)34-29(22-11-8-10-20(4)15-22)28(31(36)32(34)37)30(35)26-18-25(19(2)3)27(39-6)16-21(26)5/h8-13,15-19,29,35H,7,14H2,1-6H3/b30-28+. The molecule has 3 aromatic carbocycles. The van der Waals surface area contributed by atoms with Gasteiger partial charge in [-0.1, -0.05) is 56.7 Å². The van der Waals surface area contributed by atoms with Crippen LogP contribution in [0.4, 0.5) is 5.69 Å². The fourth-order valence-electron chi connectivity index (χ4n) is 5.04. The van der Waals surface area contributed by atoms with Gasteiger partial charge >= 0.3 is 5.97 Å². The smallest absolute Gasteiger partial charge is 0.338 e. The Labute approximate surface area is 235 Å². The number of amides is 1. The number of methoxy groups -OCH3 is 1. The number of aliphatic hydroxyl groups is 1. The van der Waals surface area contributed by atoms with Crippen molar-refractivity contribution in [1.29, 1.82) is 0 Å². The van der Waals surface area contributed by atoms with Gasteiger partial charge in [0.1, 0.15) is 11.5 Å². The second kappa shape index (κ2) is 11.8. The summed E-state index contributed by atoms with van der Waals surface area (Å²) >= 11 is 0. The number of rotatable bonds is 8. The topological polar surface area (TPSA) is 93.1 Å². The zero-order chi connectivity index (χ0) is 29.1. The maximum Gasteiger partial charge on any atom is 0.338 e. The molecule has 0 spiro atoms. The summed E-state index contributed by atoms with van der Waals surface area (Å²) in [7, 11) is 1.59. The Morgan fingerprint density at radius 3 is 2.40 bits per heavy atom. The minimum Gasteiger partial charge on any atom is -0.507 e. The van der Waals surface area contributed by atoms with Crippen molar-refractivity contribution < 1.29 is 29.0 Å².